The minimum absolute atomic E-state index is 0.471. The molecule has 1 aliphatic rings. The lowest BCUT2D eigenvalue weighted by Gasteiger charge is -2.29. The van der Waals surface area contributed by atoms with Crippen LogP contribution in [0.1, 0.15) is 23.5 Å². The summed E-state index contributed by atoms with van der Waals surface area (Å²) in [6.07, 6.45) is 2.07. The second-order valence-corrected chi connectivity index (χ2v) is 4.93. The molecule has 1 unspecified atom stereocenters. The van der Waals surface area contributed by atoms with E-state index in [0.29, 0.717) is 19.4 Å². The molecule has 0 saturated carbocycles. The van der Waals surface area contributed by atoms with Crippen LogP contribution in [-0.4, -0.2) is 23.7 Å². The van der Waals surface area contributed by atoms with Gasteiger partial charge in [-0.15, -0.1) is 11.3 Å². The number of thiazole rings is 1. The molecule has 0 spiro atoms. The van der Waals surface area contributed by atoms with Crippen LogP contribution in [0, 0.1) is 6.92 Å². The lowest BCUT2D eigenvalue weighted by molar-refractivity contribution is 0.122. The first-order valence-electron chi connectivity index (χ1n) is 4.99. The molecule has 0 aliphatic carbocycles. The van der Waals surface area contributed by atoms with Gasteiger partial charge in [-0.05, 0) is 26.3 Å². The van der Waals surface area contributed by atoms with E-state index in [1.165, 1.54) is 0 Å². The highest BCUT2D eigenvalue weighted by molar-refractivity contribution is 7.09. The smallest absolute Gasteiger partial charge is 0.129 e. The summed E-state index contributed by atoms with van der Waals surface area (Å²) < 4.78 is 14.2. The van der Waals surface area contributed by atoms with E-state index in [-0.39, 0.29) is 0 Å². The van der Waals surface area contributed by atoms with Crippen LogP contribution in [-0.2, 0) is 6.42 Å². The summed E-state index contributed by atoms with van der Waals surface area (Å²) in [7, 11) is 0. The molecule has 2 nitrogen and oxygen atoms in total. The first-order chi connectivity index (χ1) is 6.68. The van der Waals surface area contributed by atoms with Crippen LogP contribution in [0.25, 0.3) is 0 Å². The number of nitrogens with zero attached hydrogens (tertiary/aromatic N) is 1. The molecule has 0 aromatic carbocycles. The maximum atomic E-state index is 14.2. The highest BCUT2D eigenvalue weighted by atomic mass is 32.1. The summed E-state index contributed by atoms with van der Waals surface area (Å²) in [5, 5.41) is 6.01. The van der Waals surface area contributed by atoms with Gasteiger partial charge in [-0.3, -0.25) is 0 Å². The van der Waals surface area contributed by atoms with Crippen LogP contribution in [0.3, 0.4) is 0 Å². The number of hydrogen-bond acceptors (Lipinski definition) is 3. The highest BCUT2D eigenvalue weighted by Gasteiger charge is 2.32. The van der Waals surface area contributed by atoms with E-state index in [9.17, 15) is 4.39 Å². The second kappa shape index (κ2) is 3.95. The number of halogens is 1. The molecule has 14 heavy (non-hydrogen) atoms. The summed E-state index contributed by atoms with van der Waals surface area (Å²) in [4.78, 5) is 4.30. The Morgan fingerprint density at radius 3 is 3.14 bits per heavy atom. The lowest BCUT2D eigenvalue weighted by atomic mass is 9.93. The quantitative estimate of drug-likeness (QED) is 0.815. The van der Waals surface area contributed by atoms with Gasteiger partial charge in [-0.25, -0.2) is 9.37 Å². The van der Waals surface area contributed by atoms with Crippen molar-refractivity contribution in [2.75, 3.05) is 13.1 Å². The number of aryl methyl sites for hydroxylation is 1. The SMILES string of the molecule is Cc1csc(CC2(F)CCCNC2)n1. The summed E-state index contributed by atoms with van der Waals surface area (Å²) in [5.74, 6) is 0. The van der Waals surface area contributed by atoms with Gasteiger partial charge in [0.15, 0.2) is 0 Å². The van der Waals surface area contributed by atoms with Crippen LogP contribution in [0.15, 0.2) is 5.38 Å². The van der Waals surface area contributed by atoms with Crippen LogP contribution in [0.4, 0.5) is 4.39 Å². The van der Waals surface area contributed by atoms with E-state index < -0.39 is 5.67 Å². The number of hydrogen-bond donors (Lipinski definition) is 1. The number of piperidine rings is 1. The molecule has 1 saturated heterocycles. The van der Waals surface area contributed by atoms with Gasteiger partial charge >= 0.3 is 0 Å². The average molecular weight is 214 g/mol. The predicted octanol–water partition coefficient (Wildman–Crippen LogP) is 2.09. The average Bonchev–Trinajstić information content (AvgIpc) is 2.51. The van der Waals surface area contributed by atoms with Gasteiger partial charge in [-0.2, -0.15) is 0 Å². The molecule has 0 amide bonds. The van der Waals surface area contributed by atoms with E-state index in [1.54, 1.807) is 11.3 Å². The van der Waals surface area contributed by atoms with Crippen molar-refractivity contribution >= 4 is 11.3 Å². The largest absolute Gasteiger partial charge is 0.314 e. The Morgan fingerprint density at radius 1 is 1.71 bits per heavy atom. The van der Waals surface area contributed by atoms with Gasteiger partial charge in [0, 0.05) is 24.0 Å². The maximum absolute atomic E-state index is 14.2. The minimum Gasteiger partial charge on any atom is -0.314 e. The van der Waals surface area contributed by atoms with Crippen molar-refractivity contribution in [3.8, 4) is 0 Å². The Bertz CT molecular complexity index is 305. The molecule has 2 heterocycles. The predicted molar refractivity (Wildman–Crippen MR) is 56.5 cm³/mol. The molecule has 78 valence electrons. The first kappa shape index (κ1) is 10.1. The van der Waals surface area contributed by atoms with Crippen molar-refractivity contribution in [3.63, 3.8) is 0 Å². The normalized spacial score (nSPS) is 27.9. The van der Waals surface area contributed by atoms with Crippen LogP contribution in [0.2, 0.25) is 0 Å². The molecular formula is C10H15FN2S. The van der Waals surface area contributed by atoms with Crippen LogP contribution in [0.5, 0.6) is 0 Å². The molecule has 1 fully saturated rings. The van der Waals surface area contributed by atoms with Crippen molar-refractivity contribution < 1.29 is 4.39 Å². The summed E-state index contributed by atoms with van der Waals surface area (Å²) >= 11 is 1.56. The van der Waals surface area contributed by atoms with Gasteiger partial charge in [0.1, 0.15) is 5.67 Å². The zero-order valence-corrected chi connectivity index (χ0v) is 9.16. The Hall–Kier alpha value is -0.480. The van der Waals surface area contributed by atoms with E-state index in [4.69, 9.17) is 0 Å². The van der Waals surface area contributed by atoms with Crippen molar-refractivity contribution in [1.29, 1.82) is 0 Å². The van der Waals surface area contributed by atoms with Crippen molar-refractivity contribution in [1.82, 2.24) is 10.3 Å². The third kappa shape index (κ3) is 2.30. The maximum Gasteiger partial charge on any atom is 0.129 e. The monoisotopic (exact) mass is 214 g/mol. The van der Waals surface area contributed by atoms with Gasteiger partial charge in [0.25, 0.3) is 0 Å². The van der Waals surface area contributed by atoms with Crippen molar-refractivity contribution in [2.24, 2.45) is 0 Å². The topological polar surface area (TPSA) is 24.9 Å². The zero-order valence-electron chi connectivity index (χ0n) is 8.35. The Balaban J connectivity index is 2.01. The summed E-state index contributed by atoms with van der Waals surface area (Å²) in [6.45, 7) is 3.37. The molecule has 1 N–H and O–H groups in total. The number of nitrogens with one attached hydrogen (secondary N) is 1. The lowest BCUT2D eigenvalue weighted by Crippen LogP contribution is -2.43. The molecule has 4 heteroatoms. The fourth-order valence-corrected chi connectivity index (χ4v) is 2.73. The van der Waals surface area contributed by atoms with Gasteiger partial charge in [-0.1, -0.05) is 0 Å². The summed E-state index contributed by atoms with van der Waals surface area (Å²) in [5.41, 5.74) is -0.0694. The standard InChI is InChI=1S/C10H15FN2S/c1-8-6-14-9(13-8)5-10(11)3-2-4-12-7-10/h6,12H,2-5,7H2,1H3. The highest BCUT2D eigenvalue weighted by Crippen LogP contribution is 2.26. The van der Waals surface area contributed by atoms with Crippen molar-refractivity contribution in [2.45, 2.75) is 31.9 Å². The van der Waals surface area contributed by atoms with Gasteiger partial charge in [0.05, 0.1) is 5.01 Å². The molecular weight excluding hydrogens is 199 g/mol. The van der Waals surface area contributed by atoms with E-state index in [2.05, 4.69) is 10.3 Å². The number of rotatable bonds is 2. The molecule has 2 rings (SSSR count). The van der Waals surface area contributed by atoms with E-state index >= 15 is 0 Å². The molecule has 1 aromatic heterocycles. The second-order valence-electron chi connectivity index (χ2n) is 3.99. The Labute approximate surface area is 87.6 Å². The van der Waals surface area contributed by atoms with Gasteiger partial charge in [0.2, 0.25) is 0 Å². The third-order valence-electron chi connectivity index (χ3n) is 2.55. The molecule has 1 atom stereocenters. The Kier molecular flexibility index (Phi) is 2.83. The van der Waals surface area contributed by atoms with Crippen LogP contribution >= 0.6 is 11.3 Å². The molecule has 0 bridgehead atoms. The number of aromatic nitrogens is 1. The first-order valence-corrected chi connectivity index (χ1v) is 5.87. The van der Waals surface area contributed by atoms with Gasteiger partial charge < -0.3 is 5.32 Å². The number of alkyl halides is 1. The zero-order chi connectivity index (χ0) is 10.0. The molecule has 0 radical (unpaired) electrons. The van der Waals surface area contributed by atoms with E-state index in [1.807, 2.05) is 12.3 Å². The summed E-state index contributed by atoms with van der Waals surface area (Å²) in [6, 6.07) is 0. The van der Waals surface area contributed by atoms with E-state index in [0.717, 1.165) is 23.7 Å². The minimum atomic E-state index is -1.07. The fourth-order valence-electron chi connectivity index (χ4n) is 1.84. The fraction of sp³-hybridized carbons (Fsp3) is 0.700. The molecule has 1 aliphatic heterocycles. The Morgan fingerprint density at radius 2 is 2.57 bits per heavy atom. The van der Waals surface area contributed by atoms with Crippen molar-refractivity contribution in [3.05, 3.63) is 16.1 Å². The van der Waals surface area contributed by atoms with Crippen LogP contribution < -0.4 is 5.32 Å². The molecule has 1 aromatic rings. The third-order valence-corrected chi connectivity index (χ3v) is 3.52.